The summed E-state index contributed by atoms with van der Waals surface area (Å²) < 4.78 is 0. The Morgan fingerprint density at radius 1 is 1.35 bits per heavy atom. The van der Waals surface area contributed by atoms with Crippen molar-refractivity contribution in [3.63, 3.8) is 0 Å². The van der Waals surface area contributed by atoms with Crippen LogP contribution in [0.1, 0.15) is 54.6 Å². The standard InChI is InChI=1S/C16H25NO2S/c1-16(2,3)12-5-4-9-17(10-8-12)11-13-6-7-14(20-13)15(18)19/h6-7,12H,4-5,8-11H2,1-3H3,(H,18,19). The van der Waals surface area contributed by atoms with Crippen LogP contribution in [-0.4, -0.2) is 29.1 Å². The van der Waals surface area contributed by atoms with Gasteiger partial charge in [-0.1, -0.05) is 20.8 Å². The lowest BCUT2D eigenvalue weighted by molar-refractivity contribution is 0.0702. The van der Waals surface area contributed by atoms with E-state index in [1.807, 2.05) is 6.07 Å². The van der Waals surface area contributed by atoms with Gasteiger partial charge in [0.2, 0.25) is 0 Å². The van der Waals surface area contributed by atoms with Crippen molar-refractivity contribution in [2.24, 2.45) is 11.3 Å². The average Bonchev–Trinajstić information content (AvgIpc) is 2.66. The Hall–Kier alpha value is -0.870. The van der Waals surface area contributed by atoms with Gasteiger partial charge in [0.05, 0.1) is 0 Å². The number of carboxylic acids is 1. The molecule has 3 nitrogen and oxygen atoms in total. The Labute approximate surface area is 125 Å². The van der Waals surface area contributed by atoms with E-state index in [0.717, 1.165) is 30.4 Å². The molecule has 0 radical (unpaired) electrons. The van der Waals surface area contributed by atoms with Crippen LogP contribution in [0.4, 0.5) is 0 Å². The second kappa shape index (κ2) is 6.27. The summed E-state index contributed by atoms with van der Waals surface area (Å²) in [6.07, 6.45) is 3.81. The Morgan fingerprint density at radius 3 is 2.70 bits per heavy atom. The Bertz CT molecular complexity index is 461. The summed E-state index contributed by atoms with van der Waals surface area (Å²) in [5.41, 5.74) is 0.398. The zero-order valence-electron chi connectivity index (χ0n) is 12.7. The van der Waals surface area contributed by atoms with Crippen LogP contribution < -0.4 is 0 Å². The normalized spacial score (nSPS) is 21.6. The molecule has 2 rings (SSSR count). The van der Waals surface area contributed by atoms with Gasteiger partial charge < -0.3 is 5.11 Å². The lowest BCUT2D eigenvalue weighted by atomic mass is 9.77. The molecule has 0 aliphatic carbocycles. The Morgan fingerprint density at radius 2 is 2.10 bits per heavy atom. The molecule has 1 atom stereocenters. The quantitative estimate of drug-likeness (QED) is 0.913. The SMILES string of the molecule is CC(C)(C)C1CCCN(Cc2ccc(C(=O)O)s2)CC1. The molecule has 2 heterocycles. The molecule has 112 valence electrons. The third kappa shape index (κ3) is 4.06. The third-order valence-corrected chi connectivity index (χ3v) is 5.36. The van der Waals surface area contributed by atoms with Crippen molar-refractivity contribution in [1.29, 1.82) is 0 Å². The highest BCUT2D eigenvalue weighted by Gasteiger charge is 2.27. The minimum atomic E-state index is -0.815. The molecule has 1 N–H and O–H groups in total. The van der Waals surface area contributed by atoms with Gasteiger partial charge in [0.25, 0.3) is 0 Å². The monoisotopic (exact) mass is 295 g/mol. The first-order chi connectivity index (χ1) is 9.36. The van der Waals surface area contributed by atoms with E-state index in [4.69, 9.17) is 5.11 Å². The molecule has 1 aromatic rings. The summed E-state index contributed by atoms with van der Waals surface area (Å²) in [6.45, 7) is 10.2. The van der Waals surface area contributed by atoms with E-state index in [9.17, 15) is 4.79 Å². The molecule has 4 heteroatoms. The third-order valence-electron chi connectivity index (χ3n) is 4.30. The van der Waals surface area contributed by atoms with Gasteiger partial charge in [0.1, 0.15) is 4.88 Å². The summed E-state index contributed by atoms with van der Waals surface area (Å²) >= 11 is 1.41. The second-order valence-electron chi connectivity index (χ2n) is 6.84. The molecule has 1 saturated heterocycles. The highest BCUT2D eigenvalue weighted by Crippen LogP contribution is 2.34. The van der Waals surface area contributed by atoms with Gasteiger partial charge in [-0.25, -0.2) is 4.79 Å². The fourth-order valence-corrected chi connectivity index (χ4v) is 3.87. The van der Waals surface area contributed by atoms with Crippen molar-refractivity contribution < 1.29 is 9.90 Å². The summed E-state index contributed by atoms with van der Waals surface area (Å²) in [6, 6.07) is 3.68. The van der Waals surface area contributed by atoms with Crippen LogP contribution in [0.2, 0.25) is 0 Å². The van der Waals surface area contributed by atoms with Crippen LogP contribution in [0.5, 0.6) is 0 Å². The van der Waals surface area contributed by atoms with Crippen LogP contribution in [0.15, 0.2) is 12.1 Å². The Balaban J connectivity index is 1.92. The summed E-state index contributed by atoms with van der Waals surface area (Å²) in [4.78, 5) is 15.0. The highest BCUT2D eigenvalue weighted by atomic mass is 32.1. The molecule has 0 aromatic carbocycles. The first-order valence-corrected chi connectivity index (χ1v) is 8.22. The fourth-order valence-electron chi connectivity index (χ4n) is 2.98. The molecule has 0 bridgehead atoms. The smallest absolute Gasteiger partial charge is 0.345 e. The van der Waals surface area contributed by atoms with Crippen molar-refractivity contribution >= 4 is 17.3 Å². The molecule has 1 aromatic heterocycles. The van der Waals surface area contributed by atoms with Gasteiger partial charge in [0, 0.05) is 11.4 Å². The summed E-state index contributed by atoms with van der Waals surface area (Å²) in [7, 11) is 0. The van der Waals surface area contributed by atoms with E-state index >= 15 is 0 Å². The van der Waals surface area contributed by atoms with Crippen molar-refractivity contribution in [3.05, 3.63) is 21.9 Å². The maximum Gasteiger partial charge on any atom is 0.345 e. The molecule has 20 heavy (non-hydrogen) atoms. The van der Waals surface area contributed by atoms with E-state index in [1.54, 1.807) is 6.07 Å². The summed E-state index contributed by atoms with van der Waals surface area (Å²) in [5.74, 6) is -0.0182. The molecule has 0 saturated carbocycles. The number of thiophene rings is 1. The maximum absolute atomic E-state index is 10.9. The topological polar surface area (TPSA) is 40.5 Å². The van der Waals surface area contributed by atoms with Crippen LogP contribution in [0.3, 0.4) is 0 Å². The minimum absolute atomic E-state index is 0.398. The maximum atomic E-state index is 10.9. The molecule has 1 fully saturated rings. The predicted octanol–water partition coefficient (Wildman–Crippen LogP) is 4.09. The van der Waals surface area contributed by atoms with Crippen LogP contribution in [0.25, 0.3) is 0 Å². The molecule has 1 aliphatic rings. The predicted molar refractivity (Wildman–Crippen MR) is 83.4 cm³/mol. The molecule has 0 spiro atoms. The van der Waals surface area contributed by atoms with Gasteiger partial charge in [-0.15, -0.1) is 11.3 Å². The van der Waals surface area contributed by atoms with E-state index in [2.05, 4.69) is 25.7 Å². The molecular weight excluding hydrogens is 270 g/mol. The van der Waals surface area contributed by atoms with E-state index in [1.165, 1.54) is 30.6 Å². The van der Waals surface area contributed by atoms with Crippen molar-refractivity contribution in [1.82, 2.24) is 4.90 Å². The van der Waals surface area contributed by atoms with Gasteiger partial charge in [0.15, 0.2) is 0 Å². The lowest BCUT2D eigenvalue weighted by Crippen LogP contribution is -2.25. The van der Waals surface area contributed by atoms with E-state index in [-0.39, 0.29) is 0 Å². The first kappa shape index (κ1) is 15.5. The van der Waals surface area contributed by atoms with E-state index < -0.39 is 5.97 Å². The lowest BCUT2D eigenvalue weighted by Gasteiger charge is -2.29. The zero-order valence-corrected chi connectivity index (χ0v) is 13.5. The van der Waals surface area contributed by atoms with Gasteiger partial charge in [-0.3, -0.25) is 4.90 Å². The van der Waals surface area contributed by atoms with Crippen molar-refractivity contribution in [2.75, 3.05) is 13.1 Å². The molecular formula is C16H25NO2S. The number of likely N-dealkylation sites (tertiary alicyclic amines) is 1. The molecule has 1 unspecified atom stereocenters. The number of hydrogen-bond donors (Lipinski definition) is 1. The van der Waals surface area contributed by atoms with Crippen molar-refractivity contribution in [2.45, 2.75) is 46.6 Å². The fraction of sp³-hybridized carbons (Fsp3) is 0.688. The summed E-state index contributed by atoms with van der Waals surface area (Å²) in [5, 5.41) is 8.97. The Kier molecular flexibility index (Phi) is 4.86. The largest absolute Gasteiger partial charge is 0.477 e. The number of nitrogens with zero attached hydrogens (tertiary/aromatic N) is 1. The first-order valence-electron chi connectivity index (χ1n) is 7.40. The van der Waals surface area contributed by atoms with Crippen LogP contribution in [0, 0.1) is 11.3 Å². The minimum Gasteiger partial charge on any atom is -0.477 e. The van der Waals surface area contributed by atoms with Gasteiger partial charge in [-0.2, -0.15) is 0 Å². The molecule has 0 amide bonds. The van der Waals surface area contributed by atoms with Gasteiger partial charge >= 0.3 is 5.97 Å². The average molecular weight is 295 g/mol. The number of rotatable bonds is 3. The van der Waals surface area contributed by atoms with Crippen molar-refractivity contribution in [3.8, 4) is 0 Å². The van der Waals surface area contributed by atoms with Crippen LogP contribution >= 0.6 is 11.3 Å². The van der Waals surface area contributed by atoms with E-state index in [0.29, 0.717) is 10.3 Å². The zero-order chi connectivity index (χ0) is 14.8. The number of carboxylic acid groups (broad SMARTS) is 1. The molecule has 1 aliphatic heterocycles. The second-order valence-corrected chi connectivity index (χ2v) is 8.01. The highest BCUT2D eigenvalue weighted by molar-refractivity contribution is 7.13. The number of aromatic carboxylic acids is 1. The van der Waals surface area contributed by atoms with Crippen LogP contribution in [-0.2, 0) is 6.54 Å². The number of carbonyl (C=O) groups is 1. The van der Waals surface area contributed by atoms with Gasteiger partial charge in [-0.05, 0) is 55.8 Å². The number of hydrogen-bond acceptors (Lipinski definition) is 3.